The van der Waals surface area contributed by atoms with Gasteiger partial charge in [-0.1, -0.05) is 32.4 Å². The van der Waals surface area contributed by atoms with Gasteiger partial charge in [-0.3, -0.25) is 4.79 Å². The zero-order valence-corrected chi connectivity index (χ0v) is 16.3. The summed E-state index contributed by atoms with van der Waals surface area (Å²) >= 11 is 6.03. The summed E-state index contributed by atoms with van der Waals surface area (Å²) in [5.41, 5.74) is -0.601. The largest absolute Gasteiger partial charge is 0.496 e. The highest BCUT2D eigenvalue weighted by Gasteiger charge is 2.42. The third-order valence-corrected chi connectivity index (χ3v) is 3.96. The fourth-order valence-corrected chi connectivity index (χ4v) is 2.85. The molecule has 0 saturated carbocycles. The molecule has 0 aliphatic rings. The molecule has 0 unspecified atom stereocenters. The first kappa shape index (κ1) is 22.8. The molecule has 5 nitrogen and oxygen atoms in total. The quantitative estimate of drug-likeness (QED) is 0.741. The summed E-state index contributed by atoms with van der Waals surface area (Å²) in [4.78, 5) is 23.7. The molecule has 150 valence electrons. The van der Waals surface area contributed by atoms with Crippen molar-refractivity contribution in [1.82, 2.24) is 4.90 Å². The summed E-state index contributed by atoms with van der Waals surface area (Å²) in [6, 6.07) is 4.56. The van der Waals surface area contributed by atoms with Gasteiger partial charge in [-0.25, -0.2) is 4.79 Å². The molecule has 1 aromatic rings. The predicted octanol–water partition coefficient (Wildman–Crippen LogP) is 4.25. The highest BCUT2D eigenvalue weighted by molar-refractivity contribution is 6.30. The highest BCUT2D eigenvalue weighted by Crippen LogP contribution is 2.42. The van der Waals surface area contributed by atoms with Gasteiger partial charge < -0.3 is 14.7 Å². The summed E-state index contributed by atoms with van der Waals surface area (Å²) in [7, 11) is 2.28. The van der Waals surface area contributed by atoms with Gasteiger partial charge in [0.05, 0.1) is 19.2 Å². The summed E-state index contributed by atoms with van der Waals surface area (Å²) in [5, 5.41) is 9.99. The van der Waals surface area contributed by atoms with Gasteiger partial charge >= 0.3 is 18.1 Å². The number of carbonyl (C=O) groups excluding carboxylic acids is 1. The van der Waals surface area contributed by atoms with Crippen LogP contribution in [0.4, 0.5) is 13.2 Å². The first-order valence-corrected chi connectivity index (χ1v) is 8.21. The number of carboxylic acid groups (broad SMARTS) is 1. The van der Waals surface area contributed by atoms with Gasteiger partial charge in [0.1, 0.15) is 5.75 Å². The number of halogens is 4. The SMILES string of the molecule is COc1ccc(Cl)cc1C(=C(CN(C)C(=O)C(F)(F)F)C(=O)O)C(C)(C)C. The van der Waals surface area contributed by atoms with Crippen molar-refractivity contribution in [3.8, 4) is 5.75 Å². The average molecular weight is 408 g/mol. The number of aliphatic carboxylic acids is 1. The fraction of sp³-hybridized carbons (Fsp3) is 0.444. The van der Waals surface area contributed by atoms with Crippen LogP contribution in [0.15, 0.2) is 23.8 Å². The molecular formula is C18H21ClF3NO4. The summed E-state index contributed by atoms with van der Waals surface area (Å²) in [6.07, 6.45) is -5.10. The molecule has 0 spiro atoms. The predicted molar refractivity (Wildman–Crippen MR) is 95.7 cm³/mol. The minimum atomic E-state index is -5.10. The van der Waals surface area contributed by atoms with Gasteiger partial charge in [-0.15, -0.1) is 0 Å². The average Bonchev–Trinajstić information content (AvgIpc) is 2.51. The van der Waals surface area contributed by atoms with Crippen LogP contribution >= 0.6 is 11.6 Å². The van der Waals surface area contributed by atoms with Crippen LogP contribution < -0.4 is 4.74 Å². The van der Waals surface area contributed by atoms with Crippen LogP contribution in [0.2, 0.25) is 5.02 Å². The van der Waals surface area contributed by atoms with Crippen molar-refractivity contribution in [2.24, 2.45) is 5.41 Å². The lowest BCUT2D eigenvalue weighted by Gasteiger charge is -2.29. The first-order valence-electron chi connectivity index (χ1n) is 7.83. The Morgan fingerprint density at radius 1 is 1.22 bits per heavy atom. The molecule has 0 atom stereocenters. The number of likely N-dealkylation sites (N-methyl/N-ethyl adjacent to an activating group) is 1. The van der Waals surface area contributed by atoms with Gasteiger partial charge in [-0.05, 0) is 29.2 Å². The van der Waals surface area contributed by atoms with E-state index in [1.54, 1.807) is 26.8 Å². The number of alkyl halides is 3. The molecule has 0 bridgehead atoms. The molecule has 27 heavy (non-hydrogen) atoms. The molecule has 0 saturated heterocycles. The lowest BCUT2D eigenvalue weighted by atomic mass is 9.78. The molecule has 1 aromatic carbocycles. The standard InChI is InChI=1S/C18H21ClF3NO4/c1-17(2,3)14(11-8-10(19)6-7-13(11)27-5)12(15(24)25)9-23(4)16(26)18(20,21)22/h6-8H,9H2,1-5H3,(H,24,25). The van der Waals surface area contributed by atoms with Crippen molar-refractivity contribution in [2.45, 2.75) is 26.9 Å². The van der Waals surface area contributed by atoms with Crippen LogP contribution in [0.25, 0.3) is 5.57 Å². The number of ether oxygens (including phenoxy) is 1. The van der Waals surface area contributed by atoms with E-state index >= 15 is 0 Å². The molecule has 9 heteroatoms. The second-order valence-electron chi connectivity index (χ2n) is 6.91. The van der Waals surface area contributed by atoms with E-state index in [0.717, 1.165) is 7.05 Å². The summed E-state index contributed by atoms with van der Waals surface area (Å²) in [6.45, 7) is 4.38. The lowest BCUT2D eigenvalue weighted by Crippen LogP contribution is -2.40. The number of hydrogen-bond donors (Lipinski definition) is 1. The molecule has 0 aromatic heterocycles. The van der Waals surface area contributed by atoms with E-state index in [4.69, 9.17) is 16.3 Å². The topological polar surface area (TPSA) is 66.8 Å². The molecule has 0 radical (unpaired) electrons. The third-order valence-electron chi connectivity index (χ3n) is 3.73. The van der Waals surface area contributed by atoms with Crippen molar-refractivity contribution in [2.75, 3.05) is 20.7 Å². The molecule has 0 aliphatic carbocycles. The summed E-state index contributed by atoms with van der Waals surface area (Å²) in [5.74, 6) is -3.26. The van der Waals surface area contributed by atoms with Crippen LogP contribution in [0.5, 0.6) is 5.75 Å². The number of allylic oxidation sites excluding steroid dienone is 1. The molecule has 0 heterocycles. The van der Waals surface area contributed by atoms with Crippen molar-refractivity contribution >= 4 is 29.1 Å². The summed E-state index contributed by atoms with van der Waals surface area (Å²) < 4.78 is 43.3. The van der Waals surface area contributed by atoms with E-state index in [1.165, 1.54) is 19.2 Å². The number of benzene rings is 1. The van der Waals surface area contributed by atoms with Crippen LogP contribution in [0, 0.1) is 5.41 Å². The van der Waals surface area contributed by atoms with Crippen LogP contribution in [0.1, 0.15) is 26.3 Å². The molecule has 1 rings (SSSR count). The van der Waals surface area contributed by atoms with E-state index < -0.39 is 30.0 Å². The van der Waals surface area contributed by atoms with Crippen LogP contribution in [-0.2, 0) is 9.59 Å². The van der Waals surface area contributed by atoms with Crippen LogP contribution in [0.3, 0.4) is 0 Å². The minimum absolute atomic E-state index is 0.219. The number of rotatable bonds is 5. The first-order chi connectivity index (χ1) is 12.2. The number of methoxy groups -OCH3 is 1. The molecular weight excluding hydrogens is 387 g/mol. The van der Waals surface area contributed by atoms with Crippen molar-refractivity contribution in [3.05, 3.63) is 34.4 Å². The van der Waals surface area contributed by atoms with E-state index in [2.05, 4.69) is 0 Å². The maximum absolute atomic E-state index is 12.7. The number of nitrogens with zero attached hydrogens (tertiary/aromatic N) is 1. The number of carboxylic acids is 1. The second kappa shape index (κ2) is 8.21. The molecule has 0 aliphatic heterocycles. The van der Waals surface area contributed by atoms with E-state index in [9.17, 15) is 27.9 Å². The second-order valence-corrected chi connectivity index (χ2v) is 7.35. The van der Waals surface area contributed by atoms with E-state index in [1.807, 2.05) is 0 Å². The maximum Gasteiger partial charge on any atom is 0.471 e. The zero-order valence-electron chi connectivity index (χ0n) is 15.6. The smallest absolute Gasteiger partial charge is 0.471 e. The Balaban J connectivity index is 3.68. The number of hydrogen-bond acceptors (Lipinski definition) is 3. The van der Waals surface area contributed by atoms with Crippen molar-refractivity contribution in [3.63, 3.8) is 0 Å². The maximum atomic E-state index is 12.7. The lowest BCUT2D eigenvalue weighted by molar-refractivity contribution is -0.183. The van der Waals surface area contributed by atoms with Gasteiger partial charge in [-0.2, -0.15) is 13.2 Å². The Hall–Kier alpha value is -2.22. The molecule has 1 N–H and O–H groups in total. The van der Waals surface area contributed by atoms with Gasteiger partial charge in [0.2, 0.25) is 0 Å². The number of carbonyl (C=O) groups is 2. The Morgan fingerprint density at radius 3 is 2.19 bits per heavy atom. The van der Waals surface area contributed by atoms with Crippen LogP contribution in [-0.4, -0.2) is 48.8 Å². The monoisotopic (exact) mass is 407 g/mol. The van der Waals surface area contributed by atoms with Gasteiger partial charge in [0.25, 0.3) is 0 Å². The van der Waals surface area contributed by atoms with E-state index in [-0.39, 0.29) is 11.1 Å². The fourth-order valence-electron chi connectivity index (χ4n) is 2.67. The van der Waals surface area contributed by atoms with Gasteiger partial charge in [0.15, 0.2) is 0 Å². The highest BCUT2D eigenvalue weighted by atomic mass is 35.5. The van der Waals surface area contributed by atoms with Gasteiger partial charge in [0, 0.05) is 17.6 Å². The molecule has 1 amide bonds. The zero-order chi connectivity index (χ0) is 21.2. The molecule has 0 fully saturated rings. The Labute approximate surface area is 160 Å². The Bertz CT molecular complexity index is 767. The minimum Gasteiger partial charge on any atom is -0.496 e. The van der Waals surface area contributed by atoms with E-state index in [0.29, 0.717) is 21.2 Å². The Kier molecular flexibility index (Phi) is 6.94. The number of amides is 1. The van der Waals surface area contributed by atoms with Crippen molar-refractivity contribution in [1.29, 1.82) is 0 Å². The third kappa shape index (κ3) is 5.63. The Morgan fingerprint density at radius 2 is 1.78 bits per heavy atom. The normalized spacial score (nSPS) is 13.1. The van der Waals surface area contributed by atoms with Crippen molar-refractivity contribution < 1.29 is 32.6 Å².